The van der Waals surface area contributed by atoms with Crippen molar-refractivity contribution in [2.45, 2.75) is 58.2 Å². The van der Waals surface area contributed by atoms with Crippen LogP contribution in [0.3, 0.4) is 0 Å². The topological polar surface area (TPSA) is 120 Å². The van der Waals surface area contributed by atoms with Gasteiger partial charge in [0.25, 0.3) is 5.91 Å². The summed E-state index contributed by atoms with van der Waals surface area (Å²) in [4.78, 5) is 40.2. The molecule has 0 fully saturated rings. The Morgan fingerprint density at radius 1 is 1.31 bits per heavy atom. The lowest BCUT2D eigenvalue weighted by atomic mass is 10.00. The molecule has 1 unspecified atom stereocenters. The van der Waals surface area contributed by atoms with Crippen molar-refractivity contribution < 1.29 is 19.5 Å². The maximum Gasteiger partial charge on any atom is 0.326 e. The van der Waals surface area contributed by atoms with Gasteiger partial charge in [0.05, 0.1) is 5.50 Å². The first kappa shape index (κ1) is 22.3. The number of nitrogens with zero attached hydrogens (tertiary/aromatic N) is 1. The minimum Gasteiger partial charge on any atom is -0.480 e. The smallest absolute Gasteiger partial charge is 0.326 e. The molecule has 0 saturated heterocycles. The number of carbonyl (C=O) groups excluding carboxylic acids is 2. The fraction of sp³-hybridized carbons (Fsp3) is 0.625. The third kappa shape index (κ3) is 6.54. The van der Waals surface area contributed by atoms with Gasteiger partial charge in [0, 0.05) is 11.9 Å². The number of carboxylic acids is 1. The van der Waals surface area contributed by atoms with Crippen LogP contribution in [0.25, 0.3) is 0 Å². The van der Waals surface area contributed by atoms with Crippen LogP contribution in [0.4, 0.5) is 0 Å². The van der Waals surface area contributed by atoms with Crippen LogP contribution >= 0.6 is 22.9 Å². The highest BCUT2D eigenvalue weighted by molar-refractivity contribution is 7.09. The number of aliphatic carboxylic acids is 1. The van der Waals surface area contributed by atoms with E-state index in [0.29, 0.717) is 11.6 Å². The number of hydrogen-bond acceptors (Lipinski definition) is 6. The van der Waals surface area contributed by atoms with Crippen molar-refractivity contribution >= 4 is 40.7 Å². The van der Waals surface area contributed by atoms with E-state index in [2.05, 4.69) is 20.9 Å². The maximum absolute atomic E-state index is 12.4. The molecule has 1 heterocycles. The molecule has 0 aromatic carbocycles. The Hall–Kier alpha value is -1.71. The maximum atomic E-state index is 12.4. The van der Waals surface area contributed by atoms with E-state index >= 15 is 0 Å². The first-order valence-corrected chi connectivity index (χ1v) is 9.43. The van der Waals surface area contributed by atoms with Gasteiger partial charge >= 0.3 is 5.97 Å². The van der Waals surface area contributed by atoms with Crippen LogP contribution in [0.15, 0.2) is 5.38 Å². The average molecular weight is 405 g/mol. The largest absolute Gasteiger partial charge is 0.480 e. The summed E-state index contributed by atoms with van der Waals surface area (Å²) >= 11 is 7.11. The lowest BCUT2D eigenvalue weighted by Gasteiger charge is -2.28. The minimum atomic E-state index is -1.30. The quantitative estimate of drug-likeness (QED) is 0.366. The van der Waals surface area contributed by atoms with Gasteiger partial charge in [0.1, 0.15) is 22.3 Å². The molecule has 1 aromatic rings. The predicted molar refractivity (Wildman–Crippen MR) is 100 cm³/mol. The van der Waals surface area contributed by atoms with Crippen LogP contribution < -0.4 is 16.0 Å². The Morgan fingerprint density at radius 3 is 2.42 bits per heavy atom. The first-order chi connectivity index (χ1) is 11.9. The second kappa shape index (κ2) is 9.29. The van der Waals surface area contributed by atoms with Gasteiger partial charge < -0.3 is 15.7 Å². The summed E-state index contributed by atoms with van der Waals surface area (Å²) in [5.74, 6) is -2.51. The summed E-state index contributed by atoms with van der Waals surface area (Å²) in [5, 5.41) is 19.5. The van der Waals surface area contributed by atoms with Crippen molar-refractivity contribution in [3.8, 4) is 0 Å². The Kier molecular flexibility index (Phi) is 7.98. The zero-order chi connectivity index (χ0) is 20.1. The van der Waals surface area contributed by atoms with Crippen LogP contribution in [0.5, 0.6) is 0 Å². The van der Waals surface area contributed by atoms with Crippen LogP contribution in [0, 0.1) is 5.92 Å². The van der Waals surface area contributed by atoms with Crippen molar-refractivity contribution in [3.63, 3.8) is 0 Å². The van der Waals surface area contributed by atoms with Gasteiger partial charge in [-0.1, -0.05) is 13.8 Å². The monoisotopic (exact) mass is 404 g/mol. The fourth-order valence-corrected chi connectivity index (χ4v) is 2.77. The fourth-order valence-electron chi connectivity index (χ4n) is 1.96. The molecule has 0 aliphatic rings. The number of rotatable bonds is 9. The molecule has 0 aliphatic carbocycles. The standard InChI is InChI=1S/C16H25ClN4O4S/c1-8(2)12(14(23)24)20-15(25)16(4,5)21-13(22)10-7-26-11(19-10)6-18-9(3)17/h7-9,12,18H,6H2,1-5H3,(H,20,25)(H,21,22)(H,23,24)/t9?,12-/m0/s1. The molecular weight excluding hydrogens is 380 g/mol. The lowest BCUT2D eigenvalue weighted by molar-refractivity contribution is -0.143. The highest BCUT2D eigenvalue weighted by Crippen LogP contribution is 2.13. The van der Waals surface area contributed by atoms with E-state index in [1.54, 1.807) is 26.2 Å². The van der Waals surface area contributed by atoms with E-state index in [1.807, 2.05) is 0 Å². The van der Waals surface area contributed by atoms with Gasteiger partial charge in [-0.2, -0.15) is 0 Å². The molecule has 1 aromatic heterocycles. The van der Waals surface area contributed by atoms with Crippen molar-refractivity contribution in [1.29, 1.82) is 0 Å². The number of nitrogens with one attached hydrogen (secondary N) is 3. The molecule has 2 atom stereocenters. The van der Waals surface area contributed by atoms with E-state index < -0.39 is 29.4 Å². The summed E-state index contributed by atoms with van der Waals surface area (Å²) in [6.45, 7) is 8.61. The van der Waals surface area contributed by atoms with Crippen LogP contribution in [0.2, 0.25) is 0 Å². The molecule has 0 spiro atoms. The summed E-state index contributed by atoms with van der Waals surface area (Å²) in [7, 11) is 0. The molecule has 26 heavy (non-hydrogen) atoms. The minimum absolute atomic E-state index is 0.188. The zero-order valence-electron chi connectivity index (χ0n) is 15.4. The number of alkyl halides is 1. The van der Waals surface area contributed by atoms with Gasteiger partial charge in [-0.05, 0) is 26.7 Å². The molecule has 4 N–H and O–H groups in total. The molecule has 146 valence electrons. The van der Waals surface area contributed by atoms with E-state index in [1.165, 1.54) is 25.2 Å². The normalized spacial score (nSPS) is 14.0. The molecule has 2 amide bonds. The Bertz CT molecular complexity index is 660. The van der Waals surface area contributed by atoms with Gasteiger partial charge in [0.15, 0.2) is 0 Å². The molecule has 10 heteroatoms. The van der Waals surface area contributed by atoms with Gasteiger partial charge in [-0.3, -0.25) is 14.9 Å². The third-order valence-electron chi connectivity index (χ3n) is 3.53. The first-order valence-electron chi connectivity index (χ1n) is 8.12. The Labute approximate surface area is 161 Å². The molecular formula is C16H25ClN4O4S. The van der Waals surface area contributed by atoms with E-state index in [0.717, 1.165) is 0 Å². The van der Waals surface area contributed by atoms with Crippen molar-refractivity contribution in [2.24, 2.45) is 5.92 Å². The average Bonchev–Trinajstić information content (AvgIpc) is 2.98. The molecule has 0 saturated carbocycles. The Morgan fingerprint density at radius 2 is 1.92 bits per heavy atom. The van der Waals surface area contributed by atoms with E-state index in [-0.39, 0.29) is 17.1 Å². The molecule has 0 aliphatic heterocycles. The summed E-state index contributed by atoms with van der Waals surface area (Å²) in [6.07, 6.45) is 0. The molecule has 1 rings (SSSR count). The number of hydrogen-bond donors (Lipinski definition) is 4. The number of carboxylic acid groups (broad SMARTS) is 1. The summed E-state index contributed by atoms with van der Waals surface area (Å²) < 4.78 is 0. The summed E-state index contributed by atoms with van der Waals surface area (Å²) in [5.41, 5.74) is -1.33. The van der Waals surface area contributed by atoms with Crippen molar-refractivity contribution in [1.82, 2.24) is 20.9 Å². The number of aromatic nitrogens is 1. The van der Waals surface area contributed by atoms with Crippen LogP contribution in [-0.2, 0) is 16.1 Å². The van der Waals surface area contributed by atoms with Crippen LogP contribution in [0.1, 0.15) is 50.1 Å². The van der Waals surface area contributed by atoms with E-state index in [4.69, 9.17) is 11.6 Å². The third-order valence-corrected chi connectivity index (χ3v) is 4.54. The molecule has 8 nitrogen and oxygen atoms in total. The number of halogens is 1. The van der Waals surface area contributed by atoms with Crippen molar-refractivity contribution in [2.75, 3.05) is 0 Å². The van der Waals surface area contributed by atoms with Gasteiger partial charge in [0.2, 0.25) is 5.91 Å². The highest BCUT2D eigenvalue weighted by Gasteiger charge is 2.34. The number of thiazole rings is 1. The Balaban J connectivity index is 2.74. The molecule has 0 radical (unpaired) electrons. The van der Waals surface area contributed by atoms with E-state index in [9.17, 15) is 19.5 Å². The lowest BCUT2D eigenvalue weighted by Crippen LogP contribution is -2.58. The highest BCUT2D eigenvalue weighted by atomic mass is 35.5. The number of amides is 2. The SMILES string of the molecule is CC(Cl)NCc1nc(C(=O)NC(C)(C)C(=O)N[C@H](C(=O)O)C(C)C)cs1. The van der Waals surface area contributed by atoms with Crippen molar-refractivity contribution in [3.05, 3.63) is 16.1 Å². The predicted octanol–water partition coefficient (Wildman–Crippen LogP) is 1.55. The van der Waals surface area contributed by atoms with Crippen LogP contribution in [-0.4, -0.2) is 45.0 Å². The number of carbonyl (C=O) groups is 3. The second-order valence-corrected chi connectivity index (χ2v) is 8.33. The summed E-state index contributed by atoms with van der Waals surface area (Å²) in [6, 6.07) is -1.03. The zero-order valence-corrected chi connectivity index (χ0v) is 17.0. The molecule has 0 bridgehead atoms. The second-order valence-electron chi connectivity index (χ2n) is 6.74. The van der Waals surface area contributed by atoms with Gasteiger partial charge in [-0.25, -0.2) is 9.78 Å². The van der Waals surface area contributed by atoms with Gasteiger partial charge in [-0.15, -0.1) is 22.9 Å².